The molecule has 2 N–H and O–H groups in total. The van der Waals surface area contributed by atoms with Crippen molar-refractivity contribution in [2.24, 2.45) is 0 Å². The lowest BCUT2D eigenvalue weighted by Crippen LogP contribution is -2.31. The standard InChI is InChI=1S/C30H31N5O4S/c1-18-11-9-10-14-22(18)32-28(36)25-19(2)31-29-33-30(40-17-20-12-7-6-8-13-20)34-35(29)26(25)21-15-23(37-3)27(39-5)24(16-21)38-4/h6-16,26H,17H2,1-5H3,(H,32,36)(H,31,33,34). The van der Waals surface area contributed by atoms with E-state index in [0.29, 0.717) is 45.4 Å². The Morgan fingerprint density at radius 1 is 0.975 bits per heavy atom. The first-order chi connectivity index (χ1) is 19.4. The minimum Gasteiger partial charge on any atom is -0.493 e. The number of ether oxygens (including phenoxy) is 3. The van der Waals surface area contributed by atoms with Crippen LogP contribution < -0.4 is 24.8 Å². The molecule has 40 heavy (non-hydrogen) atoms. The summed E-state index contributed by atoms with van der Waals surface area (Å²) in [7, 11) is 4.69. The fraction of sp³-hybridized carbons (Fsp3) is 0.233. The number of amides is 1. The molecule has 1 unspecified atom stereocenters. The van der Waals surface area contributed by atoms with Gasteiger partial charge in [-0.05, 0) is 48.7 Å². The molecule has 2 heterocycles. The Morgan fingerprint density at radius 3 is 2.30 bits per heavy atom. The molecule has 5 rings (SSSR count). The van der Waals surface area contributed by atoms with Crippen LogP contribution in [0.15, 0.2) is 83.2 Å². The molecular formula is C30H31N5O4S. The second kappa shape index (κ2) is 11.7. The fourth-order valence-corrected chi connectivity index (χ4v) is 5.46. The minimum absolute atomic E-state index is 0.252. The first-order valence-electron chi connectivity index (χ1n) is 12.7. The van der Waals surface area contributed by atoms with Crippen molar-refractivity contribution in [1.29, 1.82) is 0 Å². The number of aromatic nitrogens is 3. The van der Waals surface area contributed by atoms with E-state index in [0.717, 1.165) is 16.8 Å². The molecule has 0 fully saturated rings. The Labute approximate surface area is 237 Å². The number of carbonyl (C=O) groups is 1. The summed E-state index contributed by atoms with van der Waals surface area (Å²) in [5, 5.41) is 11.8. The summed E-state index contributed by atoms with van der Waals surface area (Å²) >= 11 is 1.53. The maximum atomic E-state index is 13.9. The fourth-order valence-electron chi connectivity index (χ4n) is 4.68. The van der Waals surface area contributed by atoms with Gasteiger partial charge in [0.2, 0.25) is 16.9 Å². The van der Waals surface area contributed by atoms with Crippen LogP contribution in [-0.4, -0.2) is 42.0 Å². The van der Waals surface area contributed by atoms with Crippen molar-refractivity contribution in [2.45, 2.75) is 30.8 Å². The number of allylic oxidation sites excluding steroid dienone is 1. The molecule has 0 bridgehead atoms. The number of carbonyl (C=O) groups excluding carboxylic acids is 1. The molecule has 1 amide bonds. The molecule has 1 aliphatic heterocycles. The second-order valence-corrected chi connectivity index (χ2v) is 10.2. The van der Waals surface area contributed by atoms with Gasteiger partial charge in [0.1, 0.15) is 6.04 Å². The summed E-state index contributed by atoms with van der Waals surface area (Å²) in [5.41, 5.74) is 4.76. The molecule has 3 aromatic carbocycles. The highest BCUT2D eigenvalue weighted by Crippen LogP contribution is 2.44. The zero-order valence-corrected chi connectivity index (χ0v) is 23.8. The van der Waals surface area contributed by atoms with E-state index in [1.165, 1.54) is 17.3 Å². The molecule has 1 atom stereocenters. The maximum absolute atomic E-state index is 13.9. The van der Waals surface area contributed by atoms with Gasteiger partial charge < -0.3 is 24.8 Å². The van der Waals surface area contributed by atoms with Crippen LogP contribution in [0.5, 0.6) is 17.2 Å². The van der Waals surface area contributed by atoms with Crippen LogP contribution in [0.3, 0.4) is 0 Å². The Hall–Kier alpha value is -4.44. The molecule has 10 heteroatoms. The summed E-state index contributed by atoms with van der Waals surface area (Å²) in [6.07, 6.45) is 0. The van der Waals surface area contributed by atoms with Gasteiger partial charge in [0.15, 0.2) is 11.5 Å². The second-order valence-electron chi connectivity index (χ2n) is 9.23. The number of nitrogens with zero attached hydrogens (tertiary/aromatic N) is 3. The van der Waals surface area contributed by atoms with Crippen molar-refractivity contribution in [3.05, 3.63) is 94.7 Å². The predicted octanol–water partition coefficient (Wildman–Crippen LogP) is 5.83. The molecule has 0 radical (unpaired) electrons. The Bertz CT molecular complexity index is 1540. The number of nitrogens with one attached hydrogen (secondary N) is 2. The lowest BCUT2D eigenvalue weighted by atomic mass is 9.94. The van der Waals surface area contributed by atoms with Gasteiger partial charge in [0, 0.05) is 17.1 Å². The van der Waals surface area contributed by atoms with Crippen molar-refractivity contribution in [3.8, 4) is 17.2 Å². The van der Waals surface area contributed by atoms with Gasteiger partial charge in [-0.3, -0.25) is 4.79 Å². The third kappa shape index (κ3) is 5.35. The molecule has 206 valence electrons. The lowest BCUT2D eigenvalue weighted by Gasteiger charge is -2.29. The van der Waals surface area contributed by atoms with Crippen LogP contribution in [-0.2, 0) is 10.5 Å². The van der Waals surface area contributed by atoms with Gasteiger partial charge in [-0.25, -0.2) is 4.68 Å². The van der Waals surface area contributed by atoms with Crippen LogP contribution in [0, 0.1) is 6.92 Å². The van der Waals surface area contributed by atoms with Gasteiger partial charge >= 0.3 is 0 Å². The van der Waals surface area contributed by atoms with Crippen molar-refractivity contribution >= 4 is 29.3 Å². The van der Waals surface area contributed by atoms with Gasteiger partial charge in [0.25, 0.3) is 5.91 Å². The van der Waals surface area contributed by atoms with Gasteiger partial charge in [-0.2, -0.15) is 4.98 Å². The highest BCUT2D eigenvalue weighted by Gasteiger charge is 2.36. The van der Waals surface area contributed by atoms with Crippen LogP contribution in [0.25, 0.3) is 0 Å². The largest absolute Gasteiger partial charge is 0.493 e. The molecule has 9 nitrogen and oxygen atoms in total. The molecular weight excluding hydrogens is 526 g/mol. The first kappa shape index (κ1) is 27.1. The topological polar surface area (TPSA) is 99.5 Å². The monoisotopic (exact) mass is 557 g/mol. The summed E-state index contributed by atoms with van der Waals surface area (Å²) in [6.45, 7) is 3.82. The Balaban J connectivity index is 1.59. The number of thioether (sulfide) groups is 1. The molecule has 0 spiro atoms. The zero-order chi connectivity index (χ0) is 28.2. The van der Waals surface area contributed by atoms with Gasteiger partial charge in [0.05, 0.1) is 26.9 Å². The summed E-state index contributed by atoms with van der Waals surface area (Å²) in [6, 6.07) is 20.9. The summed E-state index contributed by atoms with van der Waals surface area (Å²) in [4.78, 5) is 18.7. The van der Waals surface area contributed by atoms with E-state index in [1.54, 1.807) is 26.0 Å². The molecule has 4 aromatic rings. The summed E-state index contributed by atoms with van der Waals surface area (Å²) in [5.74, 6) is 2.43. The number of hydrogen-bond donors (Lipinski definition) is 2. The number of rotatable bonds is 9. The number of methoxy groups -OCH3 is 3. The third-order valence-corrected chi connectivity index (χ3v) is 7.59. The molecule has 0 aliphatic carbocycles. The van der Waals surface area contributed by atoms with E-state index in [4.69, 9.17) is 24.3 Å². The van der Waals surface area contributed by atoms with Crippen molar-refractivity contribution in [3.63, 3.8) is 0 Å². The average Bonchev–Trinajstić information content (AvgIpc) is 3.38. The highest BCUT2D eigenvalue weighted by molar-refractivity contribution is 7.98. The highest BCUT2D eigenvalue weighted by atomic mass is 32.2. The normalized spacial score (nSPS) is 14.3. The third-order valence-electron chi connectivity index (χ3n) is 6.68. The molecule has 1 aliphatic rings. The van der Waals surface area contributed by atoms with Crippen molar-refractivity contribution < 1.29 is 19.0 Å². The van der Waals surface area contributed by atoms with Crippen LogP contribution in [0.1, 0.15) is 29.7 Å². The minimum atomic E-state index is -0.618. The number of para-hydroxylation sites is 1. The van der Waals surface area contributed by atoms with Crippen molar-refractivity contribution in [1.82, 2.24) is 14.8 Å². The van der Waals surface area contributed by atoms with E-state index in [2.05, 4.69) is 22.8 Å². The number of fused-ring (bicyclic) bond motifs is 1. The van der Waals surface area contributed by atoms with Gasteiger partial charge in [-0.15, -0.1) is 5.10 Å². The number of aryl methyl sites for hydroxylation is 1. The maximum Gasteiger partial charge on any atom is 0.255 e. The number of hydrogen-bond acceptors (Lipinski definition) is 8. The Morgan fingerprint density at radius 2 is 1.65 bits per heavy atom. The number of benzene rings is 3. The van der Waals surface area contributed by atoms with E-state index in [1.807, 2.05) is 68.4 Å². The molecule has 1 aromatic heterocycles. The van der Waals surface area contributed by atoms with Crippen LogP contribution in [0.2, 0.25) is 0 Å². The number of anilines is 2. The summed E-state index contributed by atoms with van der Waals surface area (Å²) < 4.78 is 18.6. The van der Waals surface area contributed by atoms with E-state index < -0.39 is 6.04 Å². The molecule has 0 saturated carbocycles. The SMILES string of the molecule is COc1cc(C2C(C(=O)Nc3ccccc3C)=C(C)Nc3nc(SCc4ccccc4)nn32)cc(OC)c1OC. The van der Waals surface area contributed by atoms with E-state index in [-0.39, 0.29) is 5.91 Å². The average molecular weight is 558 g/mol. The Kier molecular flexibility index (Phi) is 7.97. The van der Waals surface area contributed by atoms with E-state index >= 15 is 0 Å². The predicted molar refractivity (Wildman–Crippen MR) is 156 cm³/mol. The zero-order valence-electron chi connectivity index (χ0n) is 23.0. The van der Waals surface area contributed by atoms with E-state index in [9.17, 15) is 4.79 Å². The van der Waals surface area contributed by atoms with Crippen LogP contribution in [0.4, 0.5) is 11.6 Å². The quantitative estimate of drug-likeness (QED) is 0.248. The lowest BCUT2D eigenvalue weighted by molar-refractivity contribution is -0.113. The smallest absolute Gasteiger partial charge is 0.255 e. The van der Waals surface area contributed by atoms with Crippen molar-refractivity contribution in [2.75, 3.05) is 32.0 Å². The van der Waals surface area contributed by atoms with Gasteiger partial charge in [-0.1, -0.05) is 60.3 Å². The first-order valence-corrected chi connectivity index (χ1v) is 13.7. The van der Waals surface area contributed by atoms with Crippen LogP contribution >= 0.6 is 11.8 Å². The molecule has 0 saturated heterocycles.